The van der Waals surface area contributed by atoms with Crippen molar-refractivity contribution in [3.8, 4) is 0 Å². The molecule has 0 atom stereocenters. The van der Waals surface area contributed by atoms with E-state index in [-0.39, 0.29) is 17.1 Å². The molecule has 0 heterocycles. The fourth-order valence-corrected chi connectivity index (χ4v) is 2.36. The Morgan fingerprint density at radius 2 is 1.50 bits per heavy atom. The average Bonchev–Trinajstić information content (AvgIpc) is 2.90. The van der Waals surface area contributed by atoms with Gasteiger partial charge in [0.15, 0.2) is 5.78 Å². The SMILES string of the molecule is COCCOCCOCCOCCN=CC1=C(O)c2ccccc2C1=O. The first-order chi connectivity index (χ1) is 12.8. The van der Waals surface area contributed by atoms with E-state index in [0.29, 0.717) is 63.9 Å². The summed E-state index contributed by atoms with van der Waals surface area (Å²) in [4.78, 5) is 16.3. The van der Waals surface area contributed by atoms with Crippen LogP contribution >= 0.6 is 0 Å². The van der Waals surface area contributed by atoms with Gasteiger partial charge >= 0.3 is 0 Å². The van der Waals surface area contributed by atoms with Gasteiger partial charge in [-0.2, -0.15) is 0 Å². The molecular weight excluding hydrogens is 338 g/mol. The van der Waals surface area contributed by atoms with Gasteiger partial charge in [-0.1, -0.05) is 24.3 Å². The highest BCUT2D eigenvalue weighted by atomic mass is 16.6. The highest BCUT2D eigenvalue weighted by molar-refractivity contribution is 6.30. The number of hydrogen-bond acceptors (Lipinski definition) is 7. The summed E-state index contributed by atoms with van der Waals surface area (Å²) in [5, 5.41) is 10.1. The molecule has 0 fully saturated rings. The average molecular weight is 363 g/mol. The van der Waals surface area contributed by atoms with E-state index in [1.54, 1.807) is 31.4 Å². The number of nitrogens with zero attached hydrogens (tertiary/aromatic N) is 1. The van der Waals surface area contributed by atoms with Gasteiger partial charge in [0.1, 0.15) is 5.76 Å². The number of hydrogen-bond donors (Lipinski definition) is 1. The van der Waals surface area contributed by atoms with Crippen LogP contribution in [-0.4, -0.2) is 77.0 Å². The molecule has 0 aromatic heterocycles. The summed E-state index contributed by atoms with van der Waals surface area (Å²) in [6.07, 6.45) is 1.41. The van der Waals surface area contributed by atoms with Crippen molar-refractivity contribution in [2.45, 2.75) is 0 Å². The van der Waals surface area contributed by atoms with Crippen molar-refractivity contribution in [3.63, 3.8) is 0 Å². The molecule has 0 aliphatic heterocycles. The largest absolute Gasteiger partial charge is 0.506 e. The number of aliphatic hydroxyl groups is 1. The van der Waals surface area contributed by atoms with E-state index in [1.165, 1.54) is 6.21 Å². The molecule has 142 valence electrons. The lowest BCUT2D eigenvalue weighted by molar-refractivity contribution is 0.00472. The van der Waals surface area contributed by atoms with Gasteiger partial charge in [0.25, 0.3) is 0 Å². The molecule has 1 aromatic carbocycles. The maximum absolute atomic E-state index is 12.2. The first kappa shape index (κ1) is 20.3. The predicted molar refractivity (Wildman–Crippen MR) is 98.0 cm³/mol. The van der Waals surface area contributed by atoms with Crippen molar-refractivity contribution in [3.05, 3.63) is 41.0 Å². The Hall–Kier alpha value is -2.06. The highest BCUT2D eigenvalue weighted by Gasteiger charge is 2.27. The Morgan fingerprint density at radius 1 is 0.923 bits per heavy atom. The number of ketones is 1. The van der Waals surface area contributed by atoms with Crippen LogP contribution in [0.4, 0.5) is 0 Å². The van der Waals surface area contributed by atoms with Crippen molar-refractivity contribution >= 4 is 17.8 Å². The summed E-state index contributed by atoms with van der Waals surface area (Å²) in [7, 11) is 1.63. The van der Waals surface area contributed by atoms with E-state index in [4.69, 9.17) is 18.9 Å². The lowest BCUT2D eigenvalue weighted by Crippen LogP contribution is -2.12. The molecule has 0 saturated heterocycles. The number of Topliss-reactive ketones (excluding diaryl/α,β-unsaturated/α-hetero) is 1. The molecule has 1 N–H and O–H groups in total. The van der Waals surface area contributed by atoms with Gasteiger partial charge in [-0.05, 0) is 0 Å². The zero-order valence-electron chi connectivity index (χ0n) is 15.0. The standard InChI is InChI=1S/C19H25NO6/c1-23-8-9-25-12-13-26-11-10-24-7-6-20-14-17-18(21)15-4-2-3-5-16(15)19(17)22/h2-5,14,21H,6-13H2,1H3. The van der Waals surface area contributed by atoms with Gasteiger partial charge in [0, 0.05) is 24.5 Å². The summed E-state index contributed by atoms with van der Waals surface area (Å²) in [5.41, 5.74) is 1.28. The molecule has 0 radical (unpaired) electrons. The molecule has 0 amide bonds. The Balaban J connectivity index is 1.54. The second-order valence-electron chi connectivity index (χ2n) is 5.50. The van der Waals surface area contributed by atoms with E-state index in [0.717, 1.165) is 0 Å². The molecule has 7 heteroatoms. The van der Waals surface area contributed by atoms with Gasteiger partial charge in [-0.15, -0.1) is 0 Å². The Bertz CT molecular complexity index is 641. The summed E-state index contributed by atoms with van der Waals surface area (Å²) in [6.45, 7) is 3.96. The van der Waals surface area contributed by atoms with Crippen LogP contribution in [-0.2, 0) is 18.9 Å². The van der Waals surface area contributed by atoms with Crippen molar-refractivity contribution in [2.75, 3.05) is 59.9 Å². The van der Waals surface area contributed by atoms with Gasteiger partial charge in [0.2, 0.25) is 0 Å². The number of fused-ring (bicyclic) bond motifs is 1. The minimum Gasteiger partial charge on any atom is -0.506 e. The first-order valence-electron chi connectivity index (χ1n) is 8.55. The molecule has 0 saturated carbocycles. The number of carbonyl (C=O) groups excluding carboxylic acids is 1. The van der Waals surface area contributed by atoms with Crippen LogP contribution in [0.1, 0.15) is 15.9 Å². The second-order valence-corrected chi connectivity index (χ2v) is 5.50. The third-order valence-electron chi connectivity index (χ3n) is 3.69. The van der Waals surface area contributed by atoms with E-state index in [9.17, 15) is 9.90 Å². The van der Waals surface area contributed by atoms with Crippen LogP contribution in [0.15, 0.2) is 34.8 Å². The molecule has 0 spiro atoms. The van der Waals surface area contributed by atoms with Crippen LogP contribution in [0.25, 0.3) is 5.76 Å². The molecule has 0 bridgehead atoms. The molecule has 2 rings (SSSR count). The normalized spacial score (nSPS) is 13.8. The maximum Gasteiger partial charge on any atom is 0.199 e. The Kier molecular flexibility index (Phi) is 8.99. The zero-order chi connectivity index (χ0) is 18.6. The lowest BCUT2D eigenvalue weighted by Gasteiger charge is -2.05. The maximum atomic E-state index is 12.2. The Morgan fingerprint density at radius 3 is 2.12 bits per heavy atom. The number of ether oxygens (including phenoxy) is 4. The quantitative estimate of drug-likeness (QED) is 0.426. The monoisotopic (exact) mass is 363 g/mol. The first-order valence-corrected chi connectivity index (χ1v) is 8.55. The summed E-state index contributed by atoms with van der Waals surface area (Å²) >= 11 is 0. The minimum absolute atomic E-state index is 0.0172. The summed E-state index contributed by atoms with van der Waals surface area (Å²) < 4.78 is 20.9. The second kappa shape index (κ2) is 11.5. The fourth-order valence-electron chi connectivity index (χ4n) is 2.36. The van der Waals surface area contributed by atoms with E-state index in [2.05, 4.69) is 4.99 Å². The number of benzene rings is 1. The number of methoxy groups -OCH3 is 1. The molecule has 1 aliphatic carbocycles. The van der Waals surface area contributed by atoms with E-state index < -0.39 is 0 Å². The summed E-state index contributed by atoms with van der Waals surface area (Å²) in [6, 6.07) is 6.96. The number of aliphatic imine (C=N–C) groups is 1. The van der Waals surface area contributed by atoms with Crippen LogP contribution in [0.2, 0.25) is 0 Å². The fraction of sp³-hybridized carbons (Fsp3) is 0.474. The van der Waals surface area contributed by atoms with Crippen molar-refractivity contribution in [1.29, 1.82) is 0 Å². The third kappa shape index (κ3) is 6.03. The van der Waals surface area contributed by atoms with Gasteiger partial charge < -0.3 is 24.1 Å². The lowest BCUT2D eigenvalue weighted by atomic mass is 10.1. The van der Waals surface area contributed by atoms with Crippen LogP contribution < -0.4 is 0 Å². The molecule has 1 aromatic rings. The van der Waals surface area contributed by atoms with Gasteiger partial charge in [-0.25, -0.2) is 0 Å². The topological polar surface area (TPSA) is 86.6 Å². The molecule has 26 heavy (non-hydrogen) atoms. The van der Waals surface area contributed by atoms with E-state index in [1.807, 2.05) is 0 Å². The molecular formula is C19H25NO6. The zero-order valence-corrected chi connectivity index (χ0v) is 15.0. The molecule has 1 aliphatic rings. The van der Waals surface area contributed by atoms with Crippen LogP contribution in [0.3, 0.4) is 0 Å². The van der Waals surface area contributed by atoms with Crippen LogP contribution in [0, 0.1) is 0 Å². The Labute approximate surface area is 153 Å². The molecule has 7 nitrogen and oxygen atoms in total. The smallest absolute Gasteiger partial charge is 0.199 e. The van der Waals surface area contributed by atoms with Crippen LogP contribution in [0.5, 0.6) is 0 Å². The minimum atomic E-state index is -0.205. The van der Waals surface area contributed by atoms with E-state index >= 15 is 0 Å². The summed E-state index contributed by atoms with van der Waals surface area (Å²) in [5.74, 6) is -0.222. The van der Waals surface area contributed by atoms with Gasteiger partial charge in [0.05, 0.1) is 58.4 Å². The van der Waals surface area contributed by atoms with Crippen molar-refractivity contribution < 1.29 is 28.8 Å². The number of aliphatic hydroxyl groups excluding tert-OH is 1. The number of carbonyl (C=O) groups is 1. The highest BCUT2D eigenvalue weighted by Crippen LogP contribution is 2.29. The van der Waals surface area contributed by atoms with Gasteiger partial charge in [-0.3, -0.25) is 9.79 Å². The van der Waals surface area contributed by atoms with Crippen molar-refractivity contribution in [2.24, 2.45) is 4.99 Å². The number of allylic oxidation sites excluding steroid dienone is 1. The van der Waals surface area contributed by atoms with Crippen molar-refractivity contribution in [1.82, 2.24) is 0 Å². The molecule has 0 unspecified atom stereocenters. The third-order valence-corrected chi connectivity index (χ3v) is 3.69. The number of rotatable bonds is 13. The predicted octanol–water partition coefficient (Wildman–Crippen LogP) is 1.92.